The highest BCUT2D eigenvalue weighted by molar-refractivity contribution is 7.91. The summed E-state index contributed by atoms with van der Waals surface area (Å²) in [6.45, 7) is 8.80. The molecule has 28 heavy (non-hydrogen) atoms. The zero-order chi connectivity index (χ0) is 20.4. The third-order valence-corrected chi connectivity index (χ3v) is 6.89. The Balaban J connectivity index is 1.89. The molecule has 0 fully saturated rings. The lowest BCUT2D eigenvalue weighted by atomic mass is 9.78. The molecule has 0 saturated heterocycles. The maximum Gasteiger partial charge on any atom is 0.206 e. The zero-order valence-electron chi connectivity index (χ0n) is 16.8. The van der Waals surface area contributed by atoms with Gasteiger partial charge in [-0.1, -0.05) is 55.8 Å². The van der Waals surface area contributed by atoms with Gasteiger partial charge in [0.05, 0.1) is 16.4 Å². The molecule has 0 spiro atoms. The van der Waals surface area contributed by atoms with Gasteiger partial charge in [-0.3, -0.25) is 0 Å². The minimum atomic E-state index is -3.51. The Kier molecular flexibility index (Phi) is 5.61. The third kappa shape index (κ3) is 3.97. The molecule has 3 nitrogen and oxygen atoms in total. The van der Waals surface area contributed by atoms with Crippen LogP contribution in [-0.2, 0) is 15.3 Å². The van der Waals surface area contributed by atoms with Crippen LogP contribution in [0.5, 0.6) is 5.75 Å². The van der Waals surface area contributed by atoms with E-state index < -0.39 is 9.84 Å². The molecule has 0 unspecified atom stereocenters. The molecular formula is C24H26O3S. The lowest BCUT2D eigenvalue weighted by Gasteiger charge is -2.26. The number of hydrogen-bond acceptors (Lipinski definition) is 3. The number of ether oxygens (including phenoxy) is 1. The van der Waals surface area contributed by atoms with Gasteiger partial charge in [0.15, 0.2) is 0 Å². The lowest BCUT2D eigenvalue weighted by Crippen LogP contribution is -2.19. The van der Waals surface area contributed by atoms with Gasteiger partial charge in [0, 0.05) is 5.41 Å². The first-order chi connectivity index (χ1) is 13.2. The summed E-state index contributed by atoms with van der Waals surface area (Å²) in [5, 5.41) is 0. The molecule has 0 aromatic heterocycles. The molecule has 0 bridgehead atoms. The fourth-order valence-electron chi connectivity index (χ4n) is 3.21. The first-order valence-corrected chi connectivity index (χ1v) is 10.9. The van der Waals surface area contributed by atoms with Crippen LogP contribution in [0.3, 0.4) is 0 Å². The Morgan fingerprint density at radius 1 is 0.750 bits per heavy atom. The molecule has 0 saturated carbocycles. The van der Waals surface area contributed by atoms with Crippen molar-refractivity contribution in [1.29, 1.82) is 0 Å². The Bertz CT molecular complexity index is 1030. The van der Waals surface area contributed by atoms with Gasteiger partial charge in [-0.05, 0) is 61.4 Å². The highest BCUT2D eigenvalue weighted by Crippen LogP contribution is 2.33. The quantitative estimate of drug-likeness (QED) is 0.550. The van der Waals surface area contributed by atoms with Gasteiger partial charge >= 0.3 is 0 Å². The van der Waals surface area contributed by atoms with Crippen LogP contribution in [0.15, 0.2) is 82.6 Å². The molecule has 0 heterocycles. The van der Waals surface area contributed by atoms with Crippen molar-refractivity contribution >= 4 is 9.84 Å². The summed E-state index contributed by atoms with van der Waals surface area (Å²) in [6, 6.07) is 22.2. The Labute approximate surface area is 167 Å². The maximum absolute atomic E-state index is 12.9. The van der Waals surface area contributed by atoms with Crippen LogP contribution in [0.2, 0.25) is 0 Å². The summed E-state index contributed by atoms with van der Waals surface area (Å²) in [5.41, 5.74) is 2.98. The fraction of sp³-hybridized carbons (Fsp3) is 0.250. The van der Waals surface area contributed by atoms with E-state index >= 15 is 0 Å². The summed E-state index contributed by atoms with van der Waals surface area (Å²) in [7, 11) is -3.51. The van der Waals surface area contributed by atoms with Gasteiger partial charge in [-0.2, -0.15) is 0 Å². The van der Waals surface area contributed by atoms with Crippen LogP contribution >= 0.6 is 0 Å². The zero-order valence-corrected chi connectivity index (χ0v) is 17.6. The number of hydrogen-bond donors (Lipinski definition) is 0. The highest BCUT2D eigenvalue weighted by atomic mass is 32.2. The van der Waals surface area contributed by atoms with Gasteiger partial charge in [0.2, 0.25) is 9.84 Å². The minimum absolute atomic E-state index is 0.253. The largest absolute Gasteiger partial charge is 0.494 e. The summed E-state index contributed by atoms with van der Waals surface area (Å²) in [6.07, 6.45) is 0. The average molecular weight is 395 g/mol. The molecule has 0 radical (unpaired) electrons. The van der Waals surface area contributed by atoms with E-state index in [2.05, 4.69) is 26.0 Å². The van der Waals surface area contributed by atoms with Crippen molar-refractivity contribution in [2.75, 3.05) is 6.61 Å². The third-order valence-electron chi connectivity index (χ3n) is 5.10. The van der Waals surface area contributed by atoms with E-state index in [-0.39, 0.29) is 5.41 Å². The SMILES string of the molecule is CCOc1ccc(C(C)(C)c2ccc(S(=O)(=O)c3ccc(C)cc3)cc2)cc1. The lowest BCUT2D eigenvalue weighted by molar-refractivity contribution is 0.340. The van der Waals surface area contributed by atoms with Crippen molar-refractivity contribution < 1.29 is 13.2 Å². The number of sulfone groups is 1. The predicted molar refractivity (Wildman–Crippen MR) is 113 cm³/mol. The van der Waals surface area contributed by atoms with Crippen LogP contribution < -0.4 is 4.74 Å². The Morgan fingerprint density at radius 2 is 1.18 bits per heavy atom. The van der Waals surface area contributed by atoms with Crippen molar-refractivity contribution in [3.63, 3.8) is 0 Å². The van der Waals surface area contributed by atoms with E-state index in [0.29, 0.717) is 16.4 Å². The molecule has 0 amide bonds. The van der Waals surface area contributed by atoms with E-state index in [4.69, 9.17) is 4.74 Å². The van der Waals surface area contributed by atoms with Crippen LogP contribution in [0.4, 0.5) is 0 Å². The predicted octanol–water partition coefficient (Wildman–Crippen LogP) is 5.55. The van der Waals surface area contributed by atoms with Crippen molar-refractivity contribution in [2.24, 2.45) is 0 Å². The van der Waals surface area contributed by atoms with Crippen LogP contribution in [-0.4, -0.2) is 15.0 Å². The van der Waals surface area contributed by atoms with Gasteiger partial charge in [0.1, 0.15) is 5.75 Å². The Hall–Kier alpha value is -2.59. The van der Waals surface area contributed by atoms with Gasteiger partial charge in [-0.25, -0.2) is 8.42 Å². The molecular weight excluding hydrogens is 368 g/mol. The van der Waals surface area contributed by atoms with Gasteiger partial charge in [-0.15, -0.1) is 0 Å². The molecule has 3 aromatic rings. The van der Waals surface area contributed by atoms with Crippen molar-refractivity contribution in [1.82, 2.24) is 0 Å². The standard InChI is InChI=1S/C24H26O3S/c1-5-27-21-12-8-19(9-13-21)24(3,4)20-10-16-23(17-11-20)28(25,26)22-14-6-18(2)7-15-22/h6-17H,5H2,1-4H3. The number of rotatable bonds is 6. The topological polar surface area (TPSA) is 43.4 Å². The average Bonchev–Trinajstić information content (AvgIpc) is 2.69. The molecule has 146 valence electrons. The monoisotopic (exact) mass is 394 g/mol. The second-order valence-electron chi connectivity index (χ2n) is 7.42. The minimum Gasteiger partial charge on any atom is -0.494 e. The molecule has 4 heteroatoms. The summed E-state index contributed by atoms with van der Waals surface area (Å²) in [5.74, 6) is 0.849. The van der Waals surface area contributed by atoms with E-state index in [1.54, 1.807) is 24.3 Å². The molecule has 3 aromatic carbocycles. The fourth-order valence-corrected chi connectivity index (χ4v) is 4.47. The van der Waals surface area contributed by atoms with Gasteiger partial charge in [0.25, 0.3) is 0 Å². The van der Waals surface area contributed by atoms with Gasteiger partial charge < -0.3 is 4.74 Å². The van der Waals surface area contributed by atoms with Crippen molar-refractivity contribution in [3.8, 4) is 5.75 Å². The molecule has 0 aliphatic carbocycles. The first-order valence-electron chi connectivity index (χ1n) is 9.41. The van der Waals surface area contributed by atoms with E-state index in [1.165, 1.54) is 0 Å². The summed E-state index contributed by atoms with van der Waals surface area (Å²) >= 11 is 0. The molecule has 0 aliphatic heterocycles. The first kappa shape index (κ1) is 20.2. The second kappa shape index (κ2) is 7.80. The summed E-state index contributed by atoms with van der Waals surface area (Å²) in [4.78, 5) is 0.624. The van der Waals surface area contributed by atoms with Crippen LogP contribution in [0.25, 0.3) is 0 Å². The van der Waals surface area contributed by atoms with Crippen molar-refractivity contribution in [2.45, 2.75) is 42.9 Å². The van der Waals surface area contributed by atoms with E-state index in [9.17, 15) is 8.42 Å². The summed E-state index contributed by atoms with van der Waals surface area (Å²) < 4.78 is 31.2. The normalized spacial score (nSPS) is 12.0. The smallest absolute Gasteiger partial charge is 0.206 e. The maximum atomic E-state index is 12.9. The van der Waals surface area contributed by atoms with Crippen LogP contribution in [0, 0.1) is 6.92 Å². The second-order valence-corrected chi connectivity index (χ2v) is 9.37. The van der Waals surface area contributed by atoms with E-state index in [0.717, 1.165) is 22.4 Å². The molecule has 3 rings (SSSR count). The van der Waals surface area contributed by atoms with E-state index in [1.807, 2.05) is 50.2 Å². The molecule has 0 aliphatic rings. The molecule has 0 atom stereocenters. The number of benzene rings is 3. The number of aryl methyl sites for hydroxylation is 1. The highest BCUT2D eigenvalue weighted by Gasteiger charge is 2.24. The van der Waals surface area contributed by atoms with Crippen molar-refractivity contribution in [3.05, 3.63) is 89.5 Å². The Morgan fingerprint density at radius 3 is 1.64 bits per heavy atom. The van der Waals surface area contributed by atoms with Crippen LogP contribution in [0.1, 0.15) is 37.5 Å². The molecule has 0 N–H and O–H groups in total.